The molecule has 0 radical (unpaired) electrons. The first-order chi connectivity index (χ1) is 9.93. The van der Waals surface area contributed by atoms with E-state index in [1.54, 1.807) is 11.8 Å². The standard InChI is InChI=1S/C17H25NO3/c1-13(2)11-18(12-14(3)17(20)21-4)16(19)10-15-8-6-5-7-9-15/h5-9,13-14H,10-12H2,1-4H3. The number of amides is 1. The van der Waals surface area contributed by atoms with E-state index in [0.717, 1.165) is 5.56 Å². The molecule has 21 heavy (non-hydrogen) atoms. The maximum Gasteiger partial charge on any atom is 0.310 e. The first-order valence-electron chi connectivity index (χ1n) is 7.33. The van der Waals surface area contributed by atoms with Gasteiger partial charge in [0.15, 0.2) is 0 Å². The molecule has 1 rings (SSSR count). The molecular weight excluding hydrogens is 266 g/mol. The van der Waals surface area contributed by atoms with Gasteiger partial charge in [0.1, 0.15) is 0 Å². The summed E-state index contributed by atoms with van der Waals surface area (Å²) >= 11 is 0. The zero-order chi connectivity index (χ0) is 15.8. The lowest BCUT2D eigenvalue weighted by atomic mass is 10.1. The van der Waals surface area contributed by atoms with Crippen molar-refractivity contribution in [3.8, 4) is 0 Å². The molecule has 4 heteroatoms. The van der Waals surface area contributed by atoms with Crippen molar-refractivity contribution >= 4 is 11.9 Å². The number of methoxy groups -OCH3 is 1. The minimum absolute atomic E-state index is 0.0469. The van der Waals surface area contributed by atoms with Gasteiger partial charge in [0.25, 0.3) is 0 Å². The van der Waals surface area contributed by atoms with Crippen molar-refractivity contribution in [2.24, 2.45) is 11.8 Å². The van der Waals surface area contributed by atoms with Crippen LogP contribution in [-0.2, 0) is 20.7 Å². The average Bonchev–Trinajstić information content (AvgIpc) is 2.46. The second-order valence-corrected chi connectivity index (χ2v) is 5.78. The van der Waals surface area contributed by atoms with E-state index in [0.29, 0.717) is 25.4 Å². The molecule has 0 saturated carbocycles. The zero-order valence-corrected chi connectivity index (χ0v) is 13.3. The first kappa shape index (κ1) is 17.2. The van der Waals surface area contributed by atoms with Crippen LogP contribution in [0.3, 0.4) is 0 Å². The van der Waals surface area contributed by atoms with Crippen LogP contribution < -0.4 is 0 Å². The van der Waals surface area contributed by atoms with Crippen LogP contribution >= 0.6 is 0 Å². The third-order valence-electron chi connectivity index (χ3n) is 3.23. The molecule has 1 aromatic carbocycles. The van der Waals surface area contributed by atoms with Gasteiger partial charge in [-0.1, -0.05) is 51.1 Å². The number of hydrogen-bond acceptors (Lipinski definition) is 3. The Morgan fingerprint density at radius 1 is 1.10 bits per heavy atom. The summed E-state index contributed by atoms with van der Waals surface area (Å²) in [5, 5.41) is 0. The summed E-state index contributed by atoms with van der Waals surface area (Å²) in [6.07, 6.45) is 0.363. The van der Waals surface area contributed by atoms with Crippen molar-refractivity contribution in [3.05, 3.63) is 35.9 Å². The van der Waals surface area contributed by atoms with Crippen molar-refractivity contribution in [3.63, 3.8) is 0 Å². The highest BCUT2D eigenvalue weighted by Crippen LogP contribution is 2.09. The van der Waals surface area contributed by atoms with Crippen LogP contribution in [0.2, 0.25) is 0 Å². The van der Waals surface area contributed by atoms with Gasteiger partial charge in [0, 0.05) is 13.1 Å². The van der Waals surface area contributed by atoms with Crippen LogP contribution in [0.25, 0.3) is 0 Å². The molecule has 1 unspecified atom stereocenters. The molecule has 0 saturated heterocycles. The van der Waals surface area contributed by atoms with Crippen LogP contribution in [0.4, 0.5) is 0 Å². The summed E-state index contributed by atoms with van der Waals surface area (Å²) < 4.78 is 4.74. The van der Waals surface area contributed by atoms with Crippen molar-refractivity contribution in [2.45, 2.75) is 27.2 Å². The average molecular weight is 291 g/mol. The SMILES string of the molecule is COC(=O)C(C)CN(CC(C)C)C(=O)Cc1ccccc1. The molecule has 4 nitrogen and oxygen atoms in total. The quantitative estimate of drug-likeness (QED) is 0.725. The van der Waals surface area contributed by atoms with E-state index in [-0.39, 0.29) is 17.8 Å². The lowest BCUT2D eigenvalue weighted by Crippen LogP contribution is -2.40. The lowest BCUT2D eigenvalue weighted by molar-refractivity contribution is -0.146. The topological polar surface area (TPSA) is 46.6 Å². The second-order valence-electron chi connectivity index (χ2n) is 5.78. The highest BCUT2D eigenvalue weighted by Gasteiger charge is 2.22. The van der Waals surface area contributed by atoms with Gasteiger partial charge < -0.3 is 9.64 Å². The molecule has 0 spiro atoms. The van der Waals surface area contributed by atoms with E-state index in [1.807, 2.05) is 30.3 Å². The Hall–Kier alpha value is -1.84. The lowest BCUT2D eigenvalue weighted by Gasteiger charge is -2.27. The van der Waals surface area contributed by atoms with E-state index < -0.39 is 0 Å². The summed E-state index contributed by atoms with van der Waals surface area (Å²) in [5.74, 6) is -0.190. The molecule has 0 aliphatic heterocycles. The van der Waals surface area contributed by atoms with Crippen molar-refractivity contribution < 1.29 is 14.3 Å². The summed E-state index contributed by atoms with van der Waals surface area (Å²) in [5.41, 5.74) is 0.988. The number of ether oxygens (including phenoxy) is 1. The van der Waals surface area contributed by atoms with Crippen LogP contribution in [0.1, 0.15) is 26.3 Å². The minimum Gasteiger partial charge on any atom is -0.469 e. The normalized spacial score (nSPS) is 12.0. The van der Waals surface area contributed by atoms with Gasteiger partial charge in [-0.25, -0.2) is 0 Å². The predicted molar refractivity (Wildman–Crippen MR) is 82.7 cm³/mol. The smallest absolute Gasteiger partial charge is 0.310 e. The van der Waals surface area contributed by atoms with E-state index in [2.05, 4.69) is 13.8 Å². The number of nitrogens with zero attached hydrogens (tertiary/aromatic N) is 1. The molecular formula is C17H25NO3. The van der Waals surface area contributed by atoms with Crippen molar-refractivity contribution in [2.75, 3.05) is 20.2 Å². The number of benzene rings is 1. The molecule has 1 amide bonds. The van der Waals surface area contributed by atoms with Crippen LogP contribution in [0.15, 0.2) is 30.3 Å². The number of carbonyl (C=O) groups excluding carboxylic acids is 2. The fourth-order valence-electron chi connectivity index (χ4n) is 2.21. The molecule has 1 atom stereocenters. The molecule has 0 aliphatic rings. The van der Waals surface area contributed by atoms with Crippen LogP contribution in [0, 0.1) is 11.8 Å². The molecule has 0 N–H and O–H groups in total. The summed E-state index contributed by atoms with van der Waals surface area (Å²) in [6, 6.07) is 9.66. The van der Waals surface area contributed by atoms with Gasteiger partial charge in [-0.15, -0.1) is 0 Å². The summed E-state index contributed by atoms with van der Waals surface area (Å²) in [7, 11) is 1.37. The van der Waals surface area contributed by atoms with Crippen LogP contribution in [0.5, 0.6) is 0 Å². The van der Waals surface area contributed by atoms with E-state index >= 15 is 0 Å². The van der Waals surface area contributed by atoms with E-state index in [4.69, 9.17) is 4.74 Å². The maximum atomic E-state index is 12.5. The largest absolute Gasteiger partial charge is 0.469 e. The Kier molecular flexibility index (Phi) is 6.92. The molecule has 116 valence electrons. The second kappa shape index (κ2) is 8.45. The minimum atomic E-state index is -0.312. The third-order valence-corrected chi connectivity index (χ3v) is 3.23. The highest BCUT2D eigenvalue weighted by molar-refractivity contribution is 5.80. The van der Waals surface area contributed by atoms with Crippen LogP contribution in [-0.4, -0.2) is 37.0 Å². The number of hydrogen-bond donors (Lipinski definition) is 0. The van der Waals surface area contributed by atoms with Gasteiger partial charge in [-0.2, -0.15) is 0 Å². The van der Waals surface area contributed by atoms with Gasteiger partial charge in [0.2, 0.25) is 5.91 Å². The molecule has 0 aromatic heterocycles. The van der Waals surface area contributed by atoms with Gasteiger partial charge in [-0.05, 0) is 11.5 Å². The first-order valence-corrected chi connectivity index (χ1v) is 7.33. The Morgan fingerprint density at radius 2 is 1.71 bits per heavy atom. The number of carbonyl (C=O) groups is 2. The van der Waals surface area contributed by atoms with Gasteiger partial charge in [0.05, 0.1) is 19.4 Å². The molecule has 0 bridgehead atoms. The Morgan fingerprint density at radius 3 is 2.24 bits per heavy atom. The highest BCUT2D eigenvalue weighted by atomic mass is 16.5. The van der Waals surface area contributed by atoms with E-state index in [1.165, 1.54) is 7.11 Å². The Balaban J connectivity index is 2.72. The number of rotatable bonds is 7. The maximum absolute atomic E-state index is 12.5. The summed E-state index contributed by atoms with van der Waals surface area (Å²) in [6.45, 7) is 6.95. The zero-order valence-electron chi connectivity index (χ0n) is 13.3. The Labute approximate surface area is 127 Å². The fraction of sp³-hybridized carbons (Fsp3) is 0.529. The van der Waals surface area contributed by atoms with E-state index in [9.17, 15) is 9.59 Å². The van der Waals surface area contributed by atoms with Crippen molar-refractivity contribution in [1.29, 1.82) is 0 Å². The van der Waals surface area contributed by atoms with Gasteiger partial charge >= 0.3 is 5.97 Å². The third kappa shape index (κ3) is 5.98. The van der Waals surface area contributed by atoms with Crippen molar-refractivity contribution in [1.82, 2.24) is 4.90 Å². The molecule has 1 aromatic rings. The van der Waals surface area contributed by atoms with Gasteiger partial charge in [-0.3, -0.25) is 9.59 Å². The molecule has 0 fully saturated rings. The molecule has 0 heterocycles. The molecule has 0 aliphatic carbocycles. The fourth-order valence-corrected chi connectivity index (χ4v) is 2.21. The number of esters is 1. The summed E-state index contributed by atoms with van der Waals surface area (Å²) in [4.78, 5) is 25.8. The monoisotopic (exact) mass is 291 g/mol. The predicted octanol–water partition coefficient (Wildman–Crippen LogP) is 2.52. The Bertz CT molecular complexity index is 456.